The molecule has 1 aliphatic rings. The first-order chi connectivity index (χ1) is 7.40. The van der Waals surface area contributed by atoms with Crippen LogP contribution in [0.5, 0.6) is 5.75 Å². The van der Waals surface area contributed by atoms with Gasteiger partial charge in [0.25, 0.3) is 0 Å². The third-order valence-corrected chi connectivity index (χ3v) is 2.89. The first kappa shape index (κ1) is 10.4. The van der Waals surface area contributed by atoms with Crippen LogP contribution in [0.4, 0.5) is 0 Å². The van der Waals surface area contributed by atoms with Gasteiger partial charge in [-0.2, -0.15) is 0 Å². The third kappa shape index (κ3) is 2.69. The molecule has 1 saturated carbocycles. The van der Waals surface area contributed by atoms with Crippen molar-refractivity contribution in [2.24, 2.45) is 5.92 Å². The second-order valence-electron chi connectivity index (χ2n) is 4.09. The Morgan fingerprint density at radius 1 is 1.53 bits per heavy atom. The number of ether oxygens (including phenoxy) is 1. The minimum atomic E-state index is 0.765. The van der Waals surface area contributed by atoms with E-state index in [1.807, 2.05) is 25.4 Å². The average Bonchev–Trinajstić information content (AvgIpc) is 2.18. The number of pyridine rings is 1. The second kappa shape index (κ2) is 5.12. The van der Waals surface area contributed by atoms with Gasteiger partial charge in [-0.25, -0.2) is 0 Å². The van der Waals surface area contributed by atoms with Gasteiger partial charge in [-0.05, 0) is 37.9 Å². The number of hydrogen-bond donors (Lipinski definition) is 1. The maximum Gasteiger partial charge on any atom is 0.142 e. The average molecular weight is 206 g/mol. The van der Waals surface area contributed by atoms with Crippen LogP contribution in [-0.4, -0.2) is 18.6 Å². The summed E-state index contributed by atoms with van der Waals surface area (Å²) in [6.45, 7) is 1.61. The molecule has 0 amide bonds. The maximum absolute atomic E-state index is 5.79. The van der Waals surface area contributed by atoms with Gasteiger partial charge in [0.1, 0.15) is 5.75 Å². The highest BCUT2D eigenvalue weighted by molar-refractivity contribution is 5.26. The highest BCUT2D eigenvalue weighted by atomic mass is 16.5. The lowest BCUT2D eigenvalue weighted by Gasteiger charge is -2.25. The monoisotopic (exact) mass is 206 g/mol. The zero-order chi connectivity index (χ0) is 10.5. The fraction of sp³-hybridized carbons (Fsp3) is 0.583. The Morgan fingerprint density at radius 2 is 2.40 bits per heavy atom. The predicted molar refractivity (Wildman–Crippen MR) is 59.8 cm³/mol. The summed E-state index contributed by atoms with van der Waals surface area (Å²) in [6, 6.07) is 3.92. The summed E-state index contributed by atoms with van der Waals surface area (Å²) in [4.78, 5) is 4.30. The van der Waals surface area contributed by atoms with Crippen molar-refractivity contribution in [2.45, 2.75) is 25.8 Å². The molecule has 2 rings (SSSR count). The molecule has 1 aromatic rings. The predicted octanol–water partition coefficient (Wildman–Crippen LogP) is 1.98. The lowest BCUT2D eigenvalue weighted by Crippen LogP contribution is -2.20. The van der Waals surface area contributed by atoms with E-state index < -0.39 is 0 Å². The number of rotatable bonds is 5. The first-order valence-corrected chi connectivity index (χ1v) is 5.61. The van der Waals surface area contributed by atoms with Crippen LogP contribution in [0.15, 0.2) is 18.3 Å². The molecule has 0 atom stereocenters. The maximum atomic E-state index is 5.79. The molecule has 3 heteroatoms. The van der Waals surface area contributed by atoms with E-state index in [2.05, 4.69) is 10.3 Å². The first-order valence-electron chi connectivity index (χ1n) is 5.61. The van der Waals surface area contributed by atoms with Gasteiger partial charge >= 0.3 is 0 Å². The molecule has 0 aromatic carbocycles. The summed E-state index contributed by atoms with van der Waals surface area (Å²) >= 11 is 0. The van der Waals surface area contributed by atoms with Crippen LogP contribution in [-0.2, 0) is 6.54 Å². The molecule has 3 nitrogen and oxygen atoms in total. The van der Waals surface area contributed by atoms with Crippen LogP contribution in [0.25, 0.3) is 0 Å². The third-order valence-electron chi connectivity index (χ3n) is 2.89. The summed E-state index contributed by atoms with van der Waals surface area (Å²) < 4.78 is 5.79. The molecule has 1 aliphatic carbocycles. The van der Waals surface area contributed by atoms with Crippen molar-refractivity contribution in [1.82, 2.24) is 10.3 Å². The minimum Gasteiger partial charge on any atom is -0.491 e. The van der Waals surface area contributed by atoms with Gasteiger partial charge < -0.3 is 10.1 Å². The van der Waals surface area contributed by atoms with E-state index in [4.69, 9.17) is 4.74 Å². The summed E-state index contributed by atoms with van der Waals surface area (Å²) in [6.07, 6.45) is 5.82. The van der Waals surface area contributed by atoms with Gasteiger partial charge in [0.05, 0.1) is 12.3 Å². The molecule has 0 radical (unpaired) electrons. The van der Waals surface area contributed by atoms with Gasteiger partial charge in [-0.3, -0.25) is 4.98 Å². The highest BCUT2D eigenvalue weighted by Crippen LogP contribution is 2.27. The molecular formula is C12H18N2O. The van der Waals surface area contributed by atoms with E-state index in [1.54, 1.807) is 0 Å². The van der Waals surface area contributed by atoms with Crippen molar-refractivity contribution in [3.8, 4) is 5.75 Å². The lowest BCUT2D eigenvalue weighted by molar-refractivity contribution is 0.178. The van der Waals surface area contributed by atoms with E-state index in [9.17, 15) is 0 Å². The van der Waals surface area contributed by atoms with Crippen molar-refractivity contribution >= 4 is 0 Å². The zero-order valence-corrected chi connectivity index (χ0v) is 9.20. The minimum absolute atomic E-state index is 0.765. The molecule has 0 unspecified atom stereocenters. The number of aromatic nitrogens is 1. The fourth-order valence-electron chi connectivity index (χ4n) is 1.72. The van der Waals surface area contributed by atoms with Crippen molar-refractivity contribution in [1.29, 1.82) is 0 Å². The van der Waals surface area contributed by atoms with Crippen molar-refractivity contribution < 1.29 is 4.74 Å². The molecule has 1 aromatic heterocycles. The zero-order valence-electron chi connectivity index (χ0n) is 9.20. The normalized spacial score (nSPS) is 16.1. The quantitative estimate of drug-likeness (QED) is 0.800. The lowest BCUT2D eigenvalue weighted by atomic mass is 9.86. The molecule has 0 spiro atoms. The van der Waals surface area contributed by atoms with Crippen molar-refractivity contribution in [2.75, 3.05) is 13.7 Å². The summed E-state index contributed by atoms with van der Waals surface area (Å²) in [5.41, 5.74) is 0.999. The topological polar surface area (TPSA) is 34.2 Å². The molecule has 0 bridgehead atoms. The highest BCUT2D eigenvalue weighted by Gasteiger charge is 2.18. The Balaban J connectivity index is 1.92. The van der Waals surface area contributed by atoms with E-state index in [-0.39, 0.29) is 0 Å². The molecular weight excluding hydrogens is 188 g/mol. The van der Waals surface area contributed by atoms with Crippen LogP contribution in [0.3, 0.4) is 0 Å². The van der Waals surface area contributed by atoms with Gasteiger partial charge in [-0.1, -0.05) is 6.42 Å². The van der Waals surface area contributed by atoms with E-state index >= 15 is 0 Å². The largest absolute Gasteiger partial charge is 0.491 e. The Hall–Kier alpha value is -1.09. The second-order valence-corrected chi connectivity index (χ2v) is 4.09. The molecule has 1 fully saturated rings. The van der Waals surface area contributed by atoms with Gasteiger partial charge in [0.2, 0.25) is 0 Å². The molecule has 0 aliphatic heterocycles. The fourth-order valence-corrected chi connectivity index (χ4v) is 1.72. The number of nitrogens with one attached hydrogen (secondary N) is 1. The van der Waals surface area contributed by atoms with Gasteiger partial charge in [-0.15, -0.1) is 0 Å². The van der Waals surface area contributed by atoms with Crippen LogP contribution >= 0.6 is 0 Å². The smallest absolute Gasteiger partial charge is 0.142 e. The molecule has 82 valence electrons. The molecule has 1 N–H and O–H groups in total. The Kier molecular flexibility index (Phi) is 3.56. The summed E-state index contributed by atoms with van der Waals surface area (Å²) in [5.74, 6) is 1.70. The Labute approximate surface area is 90.9 Å². The Morgan fingerprint density at radius 3 is 3.07 bits per heavy atom. The van der Waals surface area contributed by atoms with Crippen LogP contribution < -0.4 is 10.1 Å². The van der Waals surface area contributed by atoms with Crippen LogP contribution in [0.2, 0.25) is 0 Å². The van der Waals surface area contributed by atoms with Crippen LogP contribution in [0, 0.1) is 5.92 Å². The molecule has 1 heterocycles. The van der Waals surface area contributed by atoms with Crippen molar-refractivity contribution in [3.05, 3.63) is 24.0 Å². The number of hydrogen-bond acceptors (Lipinski definition) is 3. The standard InChI is InChI=1S/C12H18N2O/c1-13-8-11-12(6-3-7-14-11)15-9-10-4-2-5-10/h3,6-7,10,13H,2,4-5,8-9H2,1H3. The van der Waals surface area contributed by atoms with Gasteiger partial charge in [0.15, 0.2) is 0 Å². The summed E-state index contributed by atoms with van der Waals surface area (Å²) in [7, 11) is 1.92. The SMILES string of the molecule is CNCc1ncccc1OCC1CCC1. The van der Waals surface area contributed by atoms with E-state index in [1.165, 1.54) is 19.3 Å². The molecule has 15 heavy (non-hydrogen) atoms. The van der Waals surface area contributed by atoms with E-state index in [0.717, 1.165) is 30.5 Å². The van der Waals surface area contributed by atoms with Crippen molar-refractivity contribution in [3.63, 3.8) is 0 Å². The van der Waals surface area contributed by atoms with Crippen LogP contribution in [0.1, 0.15) is 25.0 Å². The van der Waals surface area contributed by atoms with Gasteiger partial charge in [0, 0.05) is 12.7 Å². The summed E-state index contributed by atoms with van der Waals surface area (Å²) in [5, 5.41) is 3.10. The number of nitrogens with zero attached hydrogens (tertiary/aromatic N) is 1. The van der Waals surface area contributed by atoms with E-state index in [0.29, 0.717) is 0 Å². The Bertz CT molecular complexity index is 310. The molecule has 0 saturated heterocycles.